The Kier molecular flexibility index (Phi) is 4.18. The summed E-state index contributed by atoms with van der Waals surface area (Å²) in [6.45, 7) is 3.05. The van der Waals surface area contributed by atoms with Gasteiger partial charge in [-0.05, 0) is 19.8 Å². The van der Waals surface area contributed by atoms with Crippen LogP contribution in [0.3, 0.4) is 0 Å². The van der Waals surface area contributed by atoms with Gasteiger partial charge < -0.3 is 15.2 Å². The lowest BCUT2D eigenvalue weighted by molar-refractivity contribution is -0.129. The van der Waals surface area contributed by atoms with Crippen LogP contribution in [-0.2, 0) is 9.53 Å². The van der Waals surface area contributed by atoms with E-state index in [1.807, 2.05) is 0 Å². The van der Waals surface area contributed by atoms with Gasteiger partial charge in [-0.25, -0.2) is 0 Å². The Morgan fingerprint density at radius 2 is 2.54 bits per heavy atom. The Balaban J connectivity index is 2.29. The van der Waals surface area contributed by atoms with Crippen LogP contribution in [0.4, 0.5) is 0 Å². The van der Waals surface area contributed by atoms with Gasteiger partial charge in [0.1, 0.15) is 0 Å². The zero-order chi connectivity index (χ0) is 9.68. The van der Waals surface area contributed by atoms with Crippen LogP contribution >= 0.6 is 0 Å². The minimum atomic E-state index is -0.158. The van der Waals surface area contributed by atoms with Crippen molar-refractivity contribution in [3.05, 3.63) is 0 Å². The van der Waals surface area contributed by atoms with Crippen molar-refractivity contribution in [1.29, 1.82) is 0 Å². The standard InChI is InChI=1S/C9H17NO3/c1-7(5-11)10-9(12)8-3-2-4-13-6-8/h7-8,11H,2-6H2,1H3,(H,10,12)/t7-,8?/m1/s1. The fourth-order valence-corrected chi connectivity index (χ4v) is 1.35. The maximum absolute atomic E-state index is 11.5. The van der Waals surface area contributed by atoms with E-state index < -0.39 is 0 Å². The van der Waals surface area contributed by atoms with Gasteiger partial charge >= 0.3 is 0 Å². The molecule has 1 unspecified atom stereocenters. The molecule has 0 spiro atoms. The number of aliphatic hydroxyl groups is 1. The second kappa shape index (κ2) is 5.19. The molecule has 1 saturated heterocycles. The molecular weight excluding hydrogens is 170 g/mol. The molecule has 4 nitrogen and oxygen atoms in total. The van der Waals surface area contributed by atoms with Gasteiger partial charge in [0, 0.05) is 12.6 Å². The number of hydrogen-bond acceptors (Lipinski definition) is 3. The molecule has 13 heavy (non-hydrogen) atoms. The first kappa shape index (κ1) is 10.5. The molecular formula is C9H17NO3. The molecule has 2 N–H and O–H groups in total. The summed E-state index contributed by atoms with van der Waals surface area (Å²) in [5, 5.41) is 11.5. The van der Waals surface area contributed by atoms with E-state index >= 15 is 0 Å². The fourth-order valence-electron chi connectivity index (χ4n) is 1.35. The molecule has 0 aliphatic carbocycles. The monoisotopic (exact) mass is 187 g/mol. The first-order chi connectivity index (χ1) is 6.24. The highest BCUT2D eigenvalue weighted by molar-refractivity contribution is 5.79. The number of hydrogen-bond donors (Lipinski definition) is 2. The molecule has 0 aromatic rings. The molecule has 1 amide bonds. The molecule has 4 heteroatoms. The summed E-state index contributed by atoms with van der Waals surface area (Å²) in [7, 11) is 0. The Labute approximate surface area is 78.3 Å². The third-order valence-electron chi connectivity index (χ3n) is 2.19. The first-order valence-corrected chi connectivity index (χ1v) is 4.73. The second-order valence-corrected chi connectivity index (χ2v) is 3.51. The van der Waals surface area contributed by atoms with E-state index in [0.717, 1.165) is 19.4 Å². The van der Waals surface area contributed by atoms with Gasteiger partial charge in [0.25, 0.3) is 0 Å². The van der Waals surface area contributed by atoms with Crippen molar-refractivity contribution >= 4 is 5.91 Å². The predicted molar refractivity (Wildman–Crippen MR) is 48.2 cm³/mol. The zero-order valence-corrected chi connectivity index (χ0v) is 7.95. The van der Waals surface area contributed by atoms with Crippen molar-refractivity contribution in [3.8, 4) is 0 Å². The molecule has 2 atom stereocenters. The van der Waals surface area contributed by atoms with Crippen molar-refractivity contribution in [2.24, 2.45) is 5.92 Å². The molecule has 1 rings (SSSR count). The minimum Gasteiger partial charge on any atom is -0.394 e. The van der Waals surface area contributed by atoms with E-state index in [-0.39, 0.29) is 24.5 Å². The topological polar surface area (TPSA) is 58.6 Å². The molecule has 0 aromatic heterocycles. The highest BCUT2D eigenvalue weighted by atomic mass is 16.5. The third kappa shape index (κ3) is 3.32. The van der Waals surface area contributed by atoms with Crippen LogP contribution in [0.25, 0.3) is 0 Å². The maximum Gasteiger partial charge on any atom is 0.225 e. The summed E-state index contributed by atoms with van der Waals surface area (Å²) in [6.07, 6.45) is 1.84. The van der Waals surface area contributed by atoms with Gasteiger partial charge in [-0.3, -0.25) is 4.79 Å². The van der Waals surface area contributed by atoms with E-state index in [1.54, 1.807) is 6.92 Å². The van der Waals surface area contributed by atoms with E-state index in [4.69, 9.17) is 9.84 Å². The lowest BCUT2D eigenvalue weighted by Gasteiger charge is -2.22. The first-order valence-electron chi connectivity index (χ1n) is 4.73. The number of ether oxygens (including phenoxy) is 1. The summed E-state index contributed by atoms with van der Waals surface area (Å²) in [6, 6.07) is -0.158. The quantitative estimate of drug-likeness (QED) is 0.649. The van der Waals surface area contributed by atoms with Crippen LogP contribution in [0.1, 0.15) is 19.8 Å². The summed E-state index contributed by atoms with van der Waals surface area (Å²) in [5.74, 6) is -0.0241. The summed E-state index contributed by atoms with van der Waals surface area (Å²) >= 11 is 0. The average Bonchev–Trinajstić information content (AvgIpc) is 2.19. The second-order valence-electron chi connectivity index (χ2n) is 3.51. The molecule has 0 bridgehead atoms. The van der Waals surface area contributed by atoms with Crippen LogP contribution in [0, 0.1) is 5.92 Å². The predicted octanol–water partition coefficient (Wildman–Crippen LogP) is -0.0900. The molecule has 1 fully saturated rings. The van der Waals surface area contributed by atoms with Crippen molar-refractivity contribution in [2.45, 2.75) is 25.8 Å². The van der Waals surface area contributed by atoms with E-state index in [1.165, 1.54) is 0 Å². The molecule has 1 heterocycles. The molecule has 0 saturated carbocycles. The highest BCUT2D eigenvalue weighted by Crippen LogP contribution is 2.13. The molecule has 1 aliphatic heterocycles. The smallest absolute Gasteiger partial charge is 0.225 e. The number of nitrogens with one attached hydrogen (secondary N) is 1. The van der Waals surface area contributed by atoms with Gasteiger partial charge in [0.05, 0.1) is 19.1 Å². The number of carbonyl (C=O) groups is 1. The largest absolute Gasteiger partial charge is 0.394 e. The normalized spacial score (nSPS) is 25.2. The highest BCUT2D eigenvalue weighted by Gasteiger charge is 2.22. The Morgan fingerprint density at radius 1 is 1.77 bits per heavy atom. The van der Waals surface area contributed by atoms with Gasteiger partial charge in [0.15, 0.2) is 0 Å². The van der Waals surface area contributed by atoms with Crippen LogP contribution in [0.5, 0.6) is 0 Å². The lowest BCUT2D eigenvalue weighted by Crippen LogP contribution is -2.41. The minimum absolute atomic E-state index is 0.00116. The molecule has 0 radical (unpaired) electrons. The van der Waals surface area contributed by atoms with Crippen LogP contribution in [0.2, 0.25) is 0 Å². The zero-order valence-electron chi connectivity index (χ0n) is 7.95. The Bertz CT molecular complexity index is 166. The number of carbonyl (C=O) groups excluding carboxylic acids is 1. The average molecular weight is 187 g/mol. The van der Waals surface area contributed by atoms with Gasteiger partial charge in [-0.2, -0.15) is 0 Å². The lowest BCUT2D eigenvalue weighted by atomic mass is 10.0. The molecule has 0 aromatic carbocycles. The molecule has 1 aliphatic rings. The number of rotatable bonds is 3. The summed E-state index contributed by atoms with van der Waals surface area (Å²) in [5.41, 5.74) is 0. The van der Waals surface area contributed by atoms with Gasteiger partial charge in [-0.15, -0.1) is 0 Å². The summed E-state index contributed by atoms with van der Waals surface area (Å²) in [4.78, 5) is 11.5. The van der Waals surface area contributed by atoms with Crippen molar-refractivity contribution < 1.29 is 14.6 Å². The van der Waals surface area contributed by atoms with Crippen LogP contribution in [-0.4, -0.2) is 36.9 Å². The van der Waals surface area contributed by atoms with Crippen molar-refractivity contribution in [3.63, 3.8) is 0 Å². The fraction of sp³-hybridized carbons (Fsp3) is 0.889. The van der Waals surface area contributed by atoms with Crippen molar-refractivity contribution in [1.82, 2.24) is 5.32 Å². The third-order valence-corrected chi connectivity index (χ3v) is 2.19. The van der Waals surface area contributed by atoms with Crippen LogP contribution in [0.15, 0.2) is 0 Å². The SMILES string of the molecule is C[C@H](CO)NC(=O)C1CCCOC1. The number of amides is 1. The molecule has 76 valence electrons. The maximum atomic E-state index is 11.5. The van der Waals surface area contributed by atoms with Gasteiger partial charge in [0.2, 0.25) is 5.91 Å². The van der Waals surface area contributed by atoms with E-state index in [0.29, 0.717) is 6.61 Å². The van der Waals surface area contributed by atoms with E-state index in [9.17, 15) is 4.79 Å². The van der Waals surface area contributed by atoms with Gasteiger partial charge in [-0.1, -0.05) is 0 Å². The van der Waals surface area contributed by atoms with E-state index in [2.05, 4.69) is 5.32 Å². The number of aliphatic hydroxyl groups excluding tert-OH is 1. The van der Waals surface area contributed by atoms with Crippen LogP contribution < -0.4 is 5.32 Å². The Hall–Kier alpha value is -0.610. The Morgan fingerprint density at radius 3 is 3.08 bits per heavy atom. The summed E-state index contributed by atoms with van der Waals surface area (Å²) < 4.78 is 5.20. The van der Waals surface area contributed by atoms with Crippen molar-refractivity contribution in [2.75, 3.05) is 19.8 Å².